The number of H-pyrrole nitrogens is 1. The summed E-state index contributed by atoms with van der Waals surface area (Å²) in [5.74, 6) is 0. The minimum Gasteiger partial charge on any atom is -0.324 e. The zero-order valence-corrected chi connectivity index (χ0v) is 11.2. The summed E-state index contributed by atoms with van der Waals surface area (Å²) in [4.78, 5) is 0.101. The summed E-state index contributed by atoms with van der Waals surface area (Å²) in [7, 11) is -3.61. The number of hydrogen-bond acceptors (Lipinski definition) is 3. The summed E-state index contributed by atoms with van der Waals surface area (Å²) in [6.07, 6.45) is 6.38. The number of hydrogen-bond donors (Lipinski definition) is 2. The first kappa shape index (κ1) is 12.5. The topological polar surface area (TPSA) is 79.8 Å². The van der Waals surface area contributed by atoms with Crippen LogP contribution >= 0.6 is 0 Å². The van der Waals surface area contributed by atoms with Gasteiger partial charge < -0.3 is 4.57 Å². The molecule has 102 valence electrons. The molecule has 6 nitrogen and oxygen atoms in total. The Kier molecular flexibility index (Phi) is 3.03. The smallest absolute Gasteiger partial charge is 0.265 e. The van der Waals surface area contributed by atoms with Crippen LogP contribution in [0.15, 0.2) is 66.1 Å². The molecule has 2 N–H and O–H groups in total. The Labute approximate surface area is 116 Å². The van der Waals surface area contributed by atoms with Crippen molar-refractivity contribution in [2.75, 3.05) is 4.72 Å². The number of nitrogens with zero attached hydrogens (tertiary/aromatic N) is 2. The number of nitrogens with one attached hydrogen (secondary N) is 2. The molecule has 0 radical (unpaired) electrons. The van der Waals surface area contributed by atoms with E-state index in [0.29, 0.717) is 5.69 Å². The van der Waals surface area contributed by atoms with Crippen molar-refractivity contribution in [3.05, 3.63) is 61.2 Å². The van der Waals surface area contributed by atoms with Crippen LogP contribution < -0.4 is 4.72 Å². The van der Waals surface area contributed by atoms with Crippen molar-refractivity contribution >= 4 is 15.7 Å². The maximum Gasteiger partial charge on any atom is 0.265 e. The number of sulfonamides is 1. The van der Waals surface area contributed by atoms with Crippen LogP contribution in [0.5, 0.6) is 0 Å². The van der Waals surface area contributed by atoms with Crippen LogP contribution in [0.4, 0.5) is 5.69 Å². The van der Waals surface area contributed by atoms with E-state index in [1.807, 2.05) is 35.2 Å². The van der Waals surface area contributed by atoms with Crippen LogP contribution in [0.25, 0.3) is 5.69 Å². The first-order chi connectivity index (χ1) is 9.65. The predicted octanol–water partition coefficient (Wildman–Crippen LogP) is 2.00. The third kappa shape index (κ3) is 2.43. The maximum absolute atomic E-state index is 12.1. The van der Waals surface area contributed by atoms with Crippen LogP contribution in [-0.2, 0) is 10.0 Å². The van der Waals surface area contributed by atoms with Gasteiger partial charge in [-0.25, -0.2) is 8.42 Å². The van der Waals surface area contributed by atoms with Crippen molar-refractivity contribution in [1.82, 2.24) is 14.8 Å². The molecule has 7 heteroatoms. The van der Waals surface area contributed by atoms with Gasteiger partial charge >= 0.3 is 0 Å². The van der Waals surface area contributed by atoms with Gasteiger partial charge in [-0.3, -0.25) is 9.82 Å². The number of aromatic nitrogens is 3. The molecule has 0 aliphatic heterocycles. The molecule has 0 amide bonds. The first-order valence-electron chi connectivity index (χ1n) is 5.90. The zero-order valence-electron chi connectivity index (χ0n) is 10.4. The fourth-order valence-electron chi connectivity index (χ4n) is 1.84. The lowest BCUT2D eigenvalue weighted by Gasteiger charge is -2.08. The molecule has 0 spiro atoms. The van der Waals surface area contributed by atoms with Crippen molar-refractivity contribution in [3.63, 3.8) is 0 Å². The zero-order chi connectivity index (χ0) is 14.0. The van der Waals surface area contributed by atoms with E-state index in [9.17, 15) is 8.42 Å². The van der Waals surface area contributed by atoms with Gasteiger partial charge in [-0.1, -0.05) is 6.07 Å². The summed E-state index contributed by atoms with van der Waals surface area (Å²) in [5, 5.41) is 6.12. The normalized spacial score (nSPS) is 11.4. The Morgan fingerprint density at radius 2 is 1.95 bits per heavy atom. The molecule has 2 heterocycles. The van der Waals surface area contributed by atoms with E-state index in [1.165, 1.54) is 12.4 Å². The molecule has 0 bridgehead atoms. The van der Waals surface area contributed by atoms with Gasteiger partial charge in [0.15, 0.2) is 0 Å². The Hall–Kier alpha value is -2.54. The van der Waals surface area contributed by atoms with Gasteiger partial charge in [0.25, 0.3) is 10.0 Å². The van der Waals surface area contributed by atoms with Gasteiger partial charge in [-0.05, 0) is 30.3 Å². The minimum atomic E-state index is -3.61. The molecule has 0 aliphatic carbocycles. The van der Waals surface area contributed by atoms with Crippen LogP contribution in [0.1, 0.15) is 0 Å². The monoisotopic (exact) mass is 288 g/mol. The Balaban J connectivity index is 1.91. The van der Waals surface area contributed by atoms with E-state index in [4.69, 9.17) is 0 Å². The molecule has 1 aromatic carbocycles. The van der Waals surface area contributed by atoms with E-state index in [-0.39, 0.29) is 4.90 Å². The highest BCUT2D eigenvalue weighted by molar-refractivity contribution is 7.92. The van der Waals surface area contributed by atoms with Gasteiger partial charge in [-0.15, -0.1) is 0 Å². The first-order valence-corrected chi connectivity index (χ1v) is 7.38. The third-order valence-corrected chi connectivity index (χ3v) is 4.13. The lowest BCUT2D eigenvalue weighted by Crippen LogP contribution is -2.12. The van der Waals surface area contributed by atoms with Gasteiger partial charge in [-0.2, -0.15) is 5.10 Å². The van der Waals surface area contributed by atoms with Crippen LogP contribution in [0.2, 0.25) is 0 Å². The molecule has 0 unspecified atom stereocenters. The fourth-order valence-corrected chi connectivity index (χ4v) is 2.79. The minimum absolute atomic E-state index is 0.101. The number of benzene rings is 1. The van der Waals surface area contributed by atoms with Crippen molar-refractivity contribution in [3.8, 4) is 5.69 Å². The Morgan fingerprint density at radius 3 is 2.65 bits per heavy atom. The molecular weight excluding hydrogens is 276 g/mol. The molecule has 0 aliphatic rings. The second kappa shape index (κ2) is 4.86. The van der Waals surface area contributed by atoms with E-state index >= 15 is 0 Å². The summed E-state index contributed by atoms with van der Waals surface area (Å²) < 4.78 is 28.6. The molecule has 3 aromatic rings. The number of anilines is 1. The van der Waals surface area contributed by atoms with Gasteiger partial charge in [0.05, 0.1) is 11.9 Å². The van der Waals surface area contributed by atoms with Gasteiger partial charge in [0, 0.05) is 24.3 Å². The van der Waals surface area contributed by atoms with Crippen molar-refractivity contribution in [2.24, 2.45) is 0 Å². The molecular formula is C13H12N4O2S. The summed E-state index contributed by atoms with van der Waals surface area (Å²) in [5.41, 5.74) is 1.37. The molecule has 0 fully saturated rings. The summed E-state index contributed by atoms with van der Waals surface area (Å²) in [6, 6.07) is 11.0. The molecule has 0 saturated heterocycles. The average Bonchev–Trinajstić information content (AvgIpc) is 3.12. The molecule has 0 saturated carbocycles. The van der Waals surface area contributed by atoms with Crippen molar-refractivity contribution in [2.45, 2.75) is 4.90 Å². The van der Waals surface area contributed by atoms with Gasteiger partial charge in [0.1, 0.15) is 4.90 Å². The third-order valence-electron chi connectivity index (χ3n) is 2.78. The predicted molar refractivity (Wildman–Crippen MR) is 75.2 cm³/mol. The second-order valence-electron chi connectivity index (χ2n) is 4.18. The van der Waals surface area contributed by atoms with Crippen LogP contribution in [0, 0.1) is 0 Å². The van der Waals surface area contributed by atoms with Crippen LogP contribution in [-0.4, -0.2) is 23.2 Å². The lowest BCUT2D eigenvalue weighted by molar-refractivity contribution is 0.601. The molecule has 20 heavy (non-hydrogen) atoms. The summed E-state index contributed by atoms with van der Waals surface area (Å²) >= 11 is 0. The average molecular weight is 288 g/mol. The number of aromatic amines is 1. The van der Waals surface area contributed by atoms with Gasteiger partial charge in [0.2, 0.25) is 0 Å². The largest absolute Gasteiger partial charge is 0.324 e. The highest BCUT2D eigenvalue weighted by Gasteiger charge is 2.15. The highest BCUT2D eigenvalue weighted by atomic mass is 32.2. The van der Waals surface area contributed by atoms with E-state index in [0.717, 1.165) is 5.69 Å². The van der Waals surface area contributed by atoms with E-state index < -0.39 is 10.0 Å². The molecule has 0 atom stereocenters. The maximum atomic E-state index is 12.1. The fraction of sp³-hybridized carbons (Fsp3) is 0. The molecule has 2 aromatic heterocycles. The standard InChI is InChI=1S/C13H12N4O2S/c18-20(19,13-9-14-15-10-13)16-11-4-3-5-12(8-11)17-6-1-2-7-17/h1-10,16H,(H,14,15). The van der Waals surface area contributed by atoms with Crippen LogP contribution in [0.3, 0.4) is 0 Å². The molecule has 3 rings (SSSR count). The number of rotatable bonds is 4. The SMILES string of the molecule is O=S(=O)(Nc1cccc(-n2cccc2)c1)c1cn[nH]c1. The lowest BCUT2D eigenvalue weighted by atomic mass is 10.3. The Morgan fingerprint density at radius 1 is 1.15 bits per heavy atom. The van der Waals surface area contributed by atoms with E-state index in [1.54, 1.807) is 18.2 Å². The quantitative estimate of drug-likeness (QED) is 0.770. The Bertz CT molecular complexity index is 793. The van der Waals surface area contributed by atoms with Crippen molar-refractivity contribution < 1.29 is 8.42 Å². The van der Waals surface area contributed by atoms with E-state index in [2.05, 4.69) is 14.9 Å². The highest BCUT2D eigenvalue weighted by Crippen LogP contribution is 2.18. The summed E-state index contributed by atoms with van der Waals surface area (Å²) in [6.45, 7) is 0. The second-order valence-corrected chi connectivity index (χ2v) is 5.86. The van der Waals surface area contributed by atoms with Crippen molar-refractivity contribution in [1.29, 1.82) is 0 Å².